The van der Waals surface area contributed by atoms with E-state index in [9.17, 15) is 9.59 Å². The van der Waals surface area contributed by atoms with Crippen LogP contribution in [-0.4, -0.2) is 40.0 Å². The largest absolute Gasteiger partial charge is 0.481 e. The van der Waals surface area contributed by atoms with E-state index >= 15 is 0 Å². The summed E-state index contributed by atoms with van der Waals surface area (Å²) < 4.78 is 0. The molecule has 1 amide bonds. The van der Waals surface area contributed by atoms with Crippen molar-refractivity contribution in [2.45, 2.75) is 19.3 Å². The molecule has 2 aromatic rings. The molecule has 2 heterocycles. The fourth-order valence-corrected chi connectivity index (χ4v) is 2.96. The summed E-state index contributed by atoms with van der Waals surface area (Å²) in [6.07, 6.45) is 1.55. The second-order valence-corrected chi connectivity index (χ2v) is 5.95. The molecule has 1 atom stereocenters. The molecule has 23 heavy (non-hydrogen) atoms. The predicted octanol–water partition coefficient (Wildman–Crippen LogP) is 1.68. The van der Waals surface area contributed by atoms with Crippen LogP contribution in [0.5, 0.6) is 0 Å². The number of aliphatic carboxylic acids is 1. The van der Waals surface area contributed by atoms with Crippen molar-refractivity contribution in [1.29, 1.82) is 0 Å². The Morgan fingerprint density at radius 3 is 2.91 bits per heavy atom. The third-order valence-corrected chi connectivity index (χ3v) is 4.23. The fourth-order valence-electron chi connectivity index (χ4n) is 2.96. The molecule has 0 radical (unpaired) electrons. The van der Waals surface area contributed by atoms with Gasteiger partial charge in [0, 0.05) is 24.2 Å². The normalized spacial score (nSPS) is 18.1. The number of amides is 1. The van der Waals surface area contributed by atoms with E-state index in [1.165, 1.54) is 0 Å². The number of carboxylic acids is 1. The number of aromatic nitrogens is 1. The van der Waals surface area contributed by atoms with Gasteiger partial charge < -0.3 is 15.7 Å². The number of carboxylic acid groups (broad SMARTS) is 1. The minimum absolute atomic E-state index is 0.0711. The lowest BCUT2D eigenvalue weighted by Crippen LogP contribution is -2.43. The number of fused-ring (bicyclic) bond motifs is 1. The molecule has 0 aliphatic carbocycles. The van der Waals surface area contributed by atoms with Crippen LogP contribution in [0.25, 0.3) is 10.9 Å². The molecule has 0 spiro atoms. The van der Waals surface area contributed by atoms with Crippen LogP contribution in [0.1, 0.15) is 18.5 Å². The monoisotopic (exact) mass is 313 g/mol. The third-order valence-electron chi connectivity index (χ3n) is 4.23. The van der Waals surface area contributed by atoms with Gasteiger partial charge in [0.15, 0.2) is 0 Å². The summed E-state index contributed by atoms with van der Waals surface area (Å²) in [6.45, 7) is 0.908. The van der Waals surface area contributed by atoms with Crippen molar-refractivity contribution in [3.05, 3.63) is 36.0 Å². The molecule has 6 heteroatoms. The standard InChI is InChI=1S/C17H19N3O3/c18-13-4-6-15-11(8-13)3-5-14(19-15)9-16(21)20-7-1-2-12(10-20)17(22)23/h3-6,8,12H,1-2,7,9-10,18H2,(H,22,23). The number of likely N-dealkylation sites (tertiary alicyclic amines) is 1. The minimum Gasteiger partial charge on any atom is -0.481 e. The van der Waals surface area contributed by atoms with Crippen LogP contribution in [-0.2, 0) is 16.0 Å². The number of nitrogens with two attached hydrogens (primary N) is 1. The highest BCUT2D eigenvalue weighted by Crippen LogP contribution is 2.19. The summed E-state index contributed by atoms with van der Waals surface area (Å²) in [5.41, 5.74) is 7.90. The number of nitrogen functional groups attached to an aromatic ring is 1. The van der Waals surface area contributed by atoms with E-state index in [-0.39, 0.29) is 18.9 Å². The van der Waals surface area contributed by atoms with Crippen LogP contribution >= 0.6 is 0 Å². The quantitative estimate of drug-likeness (QED) is 0.840. The van der Waals surface area contributed by atoms with Crippen LogP contribution in [0.15, 0.2) is 30.3 Å². The van der Waals surface area contributed by atoms with Gasteiger partial charge in [-0.05, 0) is 37.1 Å². The van der Waals surface area contributed by atoms with Gasteiger partial charge in [-0.3, -0.25) is 14.6 Å². The number of carbonyl (C=O) groups excluding carboxylic acids is 1. The summed E-state index contributed by atoms with van der Waals surface area (Å²) in [6, 6.07) is 9.18. The number of piperidine rings is 1. The summed E-state index contributed by atoms with van der Waals surface area (Å²) in [4.78, 5) is 29.6. The number of pyridine rings is 1. The number of benzene rings is 1. The van der Waals surface area contributed by atoms with E-state index in [2.05, 4.69) is 4.98 Å². The summed E-state index contributed by atoms with van der Waals surface area (Å²) >= 11 is 0. The molecule has 0 bridgehead atoms. The molecule has 1 fully saturated rings. The third kappa shape index (κ3) is 3.41. The van der Waals surface area contributed by atoms with Gasteiger partial charge >= 0.3 is 5.97 Å². The number of anilines is 1. The lowest BCUT2D eigenvalue weighted by molar-refractivity contribution is -0.145. The number of hydrogen-bond acceptors (Lipinski definition) is 4. The van der Waals surface area contributed by atoms with Gasteiger partial charge in [0.25, 0.3) is 0 Å². The topological polar surface area (TPSA) is 96.5 Å². The molecule has 3 N–H and O–H groups in total. The molecular formula is C17H19N3O3. The lowest BCUT2D eigenvalue weighted by atomic mass is 9.98. The molecule has 1 aliphatic heterocycles. The van der Waals surface area contributed by atoms with Crippen LogP contribution < -0.4 is 5.73 Å². The minimum atomic E-state index is -0.830. The van der Waals surface area contributed by atoms with Gasteiger partial charge in [-0.2, -0.15) is 0 Å². The Bertz CT molecular complexity index is 760. The van der Waals surface area contributed by atoms with E-state index in [4.69, 9.17) is 10.8 Å². The second-order valence-electron chi connectivity index (χ2n) is 5.95. The first-order valence-corrected chi connectivity index (χ1v) is 7.68. The van der Waals surface area contributed by atoms with Crippen molar-refractivity contribution >= 4 is 28.5 Å². The Hall–Kier alpha value is -2.63. The Kier molecular flexibility index (Phi) is 4.14. The predicted molar refractivity (Wildman–Crippen MR) is 86.8 cm³/mol. The molecule has 1 aliphatic rings. The first-order valence-electron chi connectivity index (χ1n) is 7.68. The molecule has 1 unspecified atom stereocenters. The maximum absolute atomic E-state index is 12.4. The maximum atomic E-state index is 12.4. The molecule has 0 saturated carbocycles. The molecular weight excluding hydrogens is 294 g/mol. The van der Waals surface area contributed by atoms with Gasteiger partial charge in [0.2, 0.25) is 5.91 Å². The lowest BCUT2D eigenvalue weighted by Gasteiger charge is -2.30. The summed E-state index contributed by atoms with van der Waals surface area (Å²) in [7, 11) is 0. The highest BCUT2D eigenvalue weighted by molar-refractivity contribution is 5.84. The Balaban J connectivity index is 1.72. The van der Waals surface area contributed by atoms with Crippen molar-refractivity contribution in [3.63, 3.8) is 0 Å². The van der Waals surface area contributed by atoms with E-state index in [1.807, 2.05) is 24.3 Å². The maximum Gasteiger partial charge on any atom is 0.308 e. The van der Waals surface area contributed by atoms with E-state index < -0.39 is 11.9 Å². The molecule has 1 saturated heterocycles. The van der Waals surface area contributed by atoms with Gasteiger partial charge in [0.05, 0.1) is 23.5 Å². The van der Waals surface area contributed by atoms with Crippen molar-refractivity contribution in [2.24, 2.45) is 5.92 Å². The number of hydrogen-bond donors (Lipinski definition) is 2. The zero-order chi connectivity index (χ0) is 16.4. The average Bonchev–Trinajstić information content (AvgIpc) is 2.55. The SMILES string of the molecule is Nc1ccc2nc(CC(=O)N3CCCC(C(=O)O)C3)ccc2c1. The Morgan fingerprint density at radius 2 is 2.13 bits per heavy atom. The summed E-state index contributed by atoms with van der Waals surface area (Å²) in [5.74, 6) is -1.36. The number of rotatable bonds is 3. The van der Waals surface area contributed by atoms with Gasteiger partial charge in [-0.15, -0.1) is 0 Å². The summed E-state index contributed by atoms with van der Waals surface area (Å²) in [5, 5.41) is 10.0. The highest BCUT2D eigenvalue weighted by atomic mass is 16.4. The van der Waals surface area contributed by atoms with Gasteiger partial charge in [-0.1, -0.05) is 6.07 Å². The van der Waals surface area contributed by atoms with Crippen LogP contribution in [0.4, 0.5) is 5.69 Å². The smallest absolute Gasteiger partial charge is 0.308 e. The van der Waals surface area contributed by atoms with Crippen molar-refractivity contribution in [2.75, 3.05) is 18.8 Å². The van der Waals surface area contributed by atoms with E-state index in [1.54, 1.807) is 11.0 Å². The first-order chi connectivity index (χ1) is 11.0. The Labute approximate surface area is 133 Å². The fraction of sp³-hybridized carbons (Fsp3) is 0.353. The average molecular weight is 313 g/mol. The van der Waals surface area contributed by atoms with Crippen LogP contribution in [0.3, 0.4) is 0 Å². The van der Waals surface area contributed by atoms with Crippen molar-refractivity contribution in [1.82, 2.24) is 9.88 Å². The first kappa shape index (κ1) is 15.3. The molecule has 1 aromatic heterocycles. The molecule has 120 valence electrons. The van der Waals surface area contributed by atoms with Gasteiger partial charge in [0.1, 0.15) is 0 Å². The number of nitrogens with zero attached hydrogens (tertiary/aromatic N) is 2. The number of carbonyl (C=O) groups is 2. The second kappa shape index (κ2) is 6.24. The van der Waals surface area contributed by atoms with Crippen LogP contribution in [0, 0.1) is 5.92 Å². The molecule has 3 rings (SSSR count). The molecule has 6 nitrogen and oxygen atoms in total. The highest BCUT2D eigenvalue weighted by Gasteiger charge is 2.28. The Morgan fingerprint density at radius 1 is 1.30 bits per heavy atom. The zero-order valence-electron chi connectivity index (χ0n) is 12.7. The zero-order valence-corrected chi connectivity index (χ0v) is 12.7. The van der Waals surface area contributed by atoms with Crippen LogP contribution in [0.2, 0.25) is 0 Å². The van der Waals surface area contributed by atoms with Crippen molar-refractivity contribution in [3.8, 4) is 0 Å². The van der Waals surface area contributed by atoms with E-state index in [0.717, 1.165) is 17.3 Å². The van der Waals surface area contributed by atoms with Crippen molar-refractivity contribution < 1.29 is 14.7 Å². The van der Waals surface area contributed by atoms with E-state index in [0.29, 0.717) is 24.3 Å². The molecule has 1 aromatic carbocycles. The van der Waals surface area contributed by atoms with Gasteiger partial charge in [-0.25, -0.2) is 0 Å².